The quantitative estimate of drug-likeness (QED) is 0.911. The highest BCUT2D eigenvalue weighted by Crippen LogP contribution is 2.24. The molecule has 0 atom stereocenters. The molecule has 6 heteroatoms. The number of likely N-dealkylation sites (tertiary alicyclic amines) is 1. The van der Waals surface area contributed by atoms with E-state index < -0.39 is 5.97 Å². The van der Waals surface area contributed by atoms with Crippen LogP contribution in [0.1, 0.15) is 40.7 Å². The van der Waals surface area contributed by atoms with E-state index >= 15 is 0 Å². The minimum Gasteiger partial charge on any atom is -0.478 e. The molecule has 2 heterocycles. The van der Waals surface area contributed by atoms with Crippen LogP contribution in [0.3, 0.4) is 0 Å². The van der Waals surface area contributed by atoms with Gasteiger partial charge in [-0.1, -0.05) is 6.07 Å². The van der Waals surface area contributed by atoms with E-state index in [9.17, 15) is 14.4 Å². The Hall–Kier alpha value is -2.37. The van der Waals surface area contributed by atoms with E-state index in [1.54, 1.807) is 28.0 Å². The molecule has 2 aliphatic rings. The first-order valence-electron chi connectivity index (χ1n) is 7.45. The Bertz CT molecular complexity index is 641. The lowest BCUT2D eigenvalue weighted by atomic mass is 10.1. The second-order valence-corrected chi connectivity index (χ2v) is 5.81. The zero-order valence-electron chi connectivity index (χ0n) is 12.2. The Morgan fingerprint density at radius 1 is 1.14 bits per heavy atom. The molecule has 0 unspecified atom stereocenters. The largest absolute Gasteiger partial charge is 0.478 e. The van der Waals surface area contributed by atoms with Gasteiger partial charge in [-0.15, -0.1) is 0 Å². The zero-order valence-corrected chi connectivity index (χ0v) is 12.2. The maximum atomic E-state index is 12.4. The molecular weight excluding hydrogens is 284 g/mol. The van der Waals surface area contributed by atoms with E-state index in [2.05, 4.69) is 0 Å². The van der Waals surface area contributed by atoms with Gasteiger partial charge in [0.1, 0.15) is 0 Å². The molecule has 2 aliphatic heterocycles. The number of piperidine rings is 1. The molecule has 0 aromatic heterocycles. The van der Waals surface area contributed by atoms with E-state index in [0.29, 0.717) is 26.1 Å². The van der Waals surface area contributed by atoms with Crippen molar-refractivity contribution in [1.29, 1.82) is 0 Å². The van der Waals surface area contributed by atoms with E-state index in [4.69, 9.17) is 5.11 Å². The van der Waals surface area contributed by atoms with Crippen LogP contribution in [0.5, 0.6) is 0 Å². The molecule has 6 nitrogen and oxygen atoms in total. The Kier molecular flexibility index (Phi) is 3.83. The number of carbonyl (C=O) groups excluding carboxylic acids is 2. The molecule has 1 aromatic rings. The number of aromatic carboxylic acids is 1. The number of hydrogen-bond donors (Lipinski definition) is 1. The van der Waals surface area contributed by atoms with Crippen molar-refractivity contribution in [3.8, 4) is 0 Å². The Morgan fingerprint density at radius 2 is 1.91 bits per heavy atom. The second-order valence-electron chi connectivity index (χ2n) is 5.81. The lowest BCUT2D eigenvalue weighted by Crippen LogP contribution is -2.43. The third-order valence-electron chi connectivity index (χ3n) is 4.28. The van der Waals surface area contributed by atoms with Crippen molar-refractivity contribution in [2.24, 2.45) is 0 Å². The molecule has 2 amide bonds. The first-order valence-corrected chi connectivity index (χ1v) is 7.45. The van der Waals surface area contributed by atoms with Crippen molar-refractivity contribution < 1.29 is 19.5 Å². The van der Waals surface area contributed by atoms with Gasteiger partial charge in [-0.3, -0.25) is 9.59 Å². The van der Waals surface area contributed by atoms with Crippen LogP contribution in [-0.4, -0.2) is 45.8 Å². The molecular formula is C16H18N2O4. The number of carbonyl (C=O) groups is 3. The molecule has 0 radical (unpaired) electrons. The summed E-state index contributed by atoms with van der Waals surface area (Å²) in [5.74, 6) is -1.00. The molecule has 0 bridgehead atoms. The van der Waals surface area contributed by atoms with Crippen LogP contribution in [0.2, 0.25) is 0 Å². The molecule has 3 rings (SSSR count). The smallest absolute Gasteiger partial charge is 0.335 e. The predicted octanol–water partition coefficient (Wildman–Crippen LogP) is 1.24. The summed E-state index contributed by atoms with van der Waals surface area (Å²) in [5.41, 5.74) is 2.08. The standard InChI is InChI=1S/C16H18N2O4/c19-14-3-1-2-6-17(14)10-15(20)18-8-12-5-4-11(16(21)22)7-13(12)9-18/h4-5,7H,1-3,6,8-10H2,(H,21,22). The normalized spacial score (nSPS) is 17.5. The molecule has 0 spiro atoms. The average molecular weight is 302 g/mol. The van der Waals surface area contributed by atoms with Gasteiger partial charge < -0.3 is 14.9 Å². The van der Waals surface area contributed by atoms with Gasteiger partial charge in [0.05, 0.1) is 12.1 Å². The number of carboxylic acid groups (broad SMARTS) is 1. The van der Waals surface area contributed by atoms with Crippen molar-refractivity contribution >= 4 is 17.8 Å². The van der Waals surface area contributed by atoms with Gasteiger partial charge in [-0.05, 0) is 36.1 Å². The topological polar surface area (TPSA) is 77.9 Å². The van der Waals surface area contributed by atoms with Crippen molar-refractivity contribution in [3.05, 3.63) is 34.9 Å². The number of amides is 2. The molecule has 1 N–H and O–H groups in total. The van der Waals surface area contributed by atoms with Gasteiger partial charge in [-0.25, -0.2) is 4.79 Å². The molecule has 116 valence electrons. The van der Waals surface area contributed by atoms with Crippen molar-refractivity contribution in [2.75, 3.05) is 13.1 Å². The summed E-state index contributed by atoms with van der Waals surface area (Å²) in [7, 11) is 0. The van der Waals surface area contributed by atoms with Crippen LogP contribution in [-0.2, 0) is 22.7 Å². The number of fused-ring (bicyclic) bond motifs is 1. The summed E-state index contributed by atoms with van der Waals surface area (Å²) in [4.78, 5) is 38.4. The summed E-state index contributed by atoms with van der Waals surface area (Å²) in [6, 6.07) is 4.94. The van der Waals surface area contributed by atoms with Gasteiger partial charge in [0.2, 0.25) is 11.8 Å². The van der Waals surface area contributed by atoms with Crippen molar-refractivity contribution in [2.45, 2.75) is 32.4 Å². The molecule has 1 fully saturated rings. The first-order chi connectivity index (χ1) is 10.5. The third-order valence-corrected chi connectivity index (χ3v) is 4.28. The van der Waals surface area contributed by atoms with Gasteiger partial charge in [0, 0.05) is 26.1 Å². The Labute approximate surface area is 128 Å². The maximum absolute atomic E-state index is 12.4. The number of benzene rings is 1. The highest BCUT2D eigenvalue weighted by Gasteiger charge is 2.27. The van der Waals surface area contributed by atoms with Crippen LogP contribution in [0.4, 0.5) is 0 Å². The van der Waals surface area contributed by atoms with E-state index in [1.807, 2.05) is 0 Å². The molecule has 1 aromatic carbocycles. The molecule has 0 aliphatic carbocycles. The van der Waals surface area contributed by atoms with E-state index in [0.717, 1.165) is 24.0 Å². The van der Waals surface area contributed by atoms with E-state index in [-0.39, 0.29) is 23.9 Å². The molecule has 1 saturated heterocycles. The van der Waals surface area contributed by atoms with Crippen LogP contribution in [0.15, 0.2) is 18.2 Å². The van der Waals surface area contributed by atoms with Crippen LogP contribution in [0.25, 0.3) is 0 Å². The predicted molar refractivity (Wildman–Crippen MR) is 78.1 cm³/mol. The lowest BCUT2D eigenvalue weighted by Gasteiger charge is -2.28. The highest BCUT2D eigenvalue weighted by atomic mass is 16.4. The Morgan fingerprint density at radius 3 is 2.64 bits per heavy atom. The van der Waals surface area contributed by atoms with Gasteiger partial charge in [-0.2, -0.15) is 0 Å². The summed E-state index contributed by atoms with van der Waals surface area (Å²) in [5, 5.41) is 9.01. The third kappa shape index (κ3) is 2.81. The maximum Gasteiger partial charge on any atom is 0.335 e. The summed E-state index contributed by atoms with van der Waals surface area (Å²) in [6.07, 6.45) is 2.37. The SMILES string of the molecule is O=C(O)c1ccc2c(c1)CN(C(=O)CN1CCCCC1=O)C2. The number of rotatable bonds is 3. The number of hydrogen-bond acceptors (Lipinski definition) is 3. The van der Waals surface area contributed by atoms with Gasteiger partial charge >= 0.3 is 5.97 Å². The minimum atomic E-state index is -0.966. The number of nitrogens with zero attached hydrogens (tertiary/aromatic N) is 2. The zero-order chi connectivity index (χ0) is 15.7. The fourth-order valence-corrected chi connectivity index (χ4v) is 3.00. The fourth-order valence-electron chi connectivity index (χ4n) is 3.00. The first kappa shape index (κ1) is 14.6. The minimum absolute atomic E-state index is 0.0458. The number of carboxylic acids is 1. The van der Waals surface area contributed by atoms with Crippen LogP contribution < -0.4 is 0 Å². The monoisotopic (exact) mass is 302 g/mol. The molecule has 0 saturated carbocycles. The highest BCUT2D eigenvalue weighted by molar-refractivity contribution is 5.88. The summed E-state index contributed by atoms with van der Waals surface area (Å²) in [6.45, 7) is 1.67. The lowest BCUT2D eigenvalue weighted by molar-refractivity contribution is -0.142. The second kappa shape index (κ2) is 5.79. The summed E-state index contributed by atoms with van der Waals surface area (Å²) >= 11 is 0. The van der Waals surface area contributed by atoms with Gasteiger partial charge in [0.25, 0.3) is 0 Å². The van der Waals surface area contributed by atoms with Crippen molar-refractivity contribution in [3.63, 3.8) is 0 Å². The van der Waals surface area contributed by atoms with Crippen LogP contribution >= 0.6 is 0 Å². The van der Waals surface area contributed by atoms with Gasteiger partial charge in [0.15, 0.2) is 0 Å². The van der Waals surface area contributed by atoms with Crippen molar-refractivity contribution in [1.82, 2.24) is 9.80 Å². The molecule has 22 heavy (non-hydrogen) atoms. The van der Waals surface area contributed by atoms with Crippen LogP contribution in [0, 0.1) is 0 Å². The van der Waals surface area contributed by atoms with E-state index in [1.165, 1.54) is 0 Å². The Balaban J connectivity index is 1.66. The average Bonchev–Trinajstić information content (AvgIpc) is 2.92. The fraction of sp³-hybridized carbons (Fsp3) is 0.438. The summed E-state index contributed by atoms with van der Waals surface area (Å²) < 4.78 is 0.